The molecule has 5 heteroatoms. The lowest BCUT2D eigenvalue weighted by Crippen LogP contribution is -2.35. The summed E-state index contributed by atoms with van der Waals surface area (Å²) in [5.74, 6) is 0.459. The lowest BCUT2D eigenvalue weighted by atomic mass is 9.97. The van der Waals surface area contributed by atoms with Crippen LogP contribution in [0.5, 0.6) is 0 Å². The van der Waals surface area contributed by atoms with Gasteiger partial charge < -0.3 is 5.32 Å². The van der Waals surface area contributed by atoms with Gasteiger partial charge in [0.15, 0.2) is 0 Å². The van der Waals surface area contributed by atoms with Crippen molar-refractivity contribution in [3.8, 4) is 0 Å². The molecule has 0 bridgehead atoms. The highest BCUT2D eigenvalue weighted by Crippen LogP contribution is 2.31. The molecule has 1 nitrogen and oxygen atoms in total. The van der Waals surface area contributed by atoms with Gasteiger partial charge in [0.2, 0.25) is 0 Å². The molecular formula is C11H22F3NS. The molecule has 16 heavy (non-hydrogen) atoms. The van der Waals surface area contributed by atoms with E-state index in [0.717, 1.165) is 19.4 Å². The summed E-state index contributed by atoms with van der Waals surface area (Å²) in [6.07, 6.45) is 2.64. The quantitative estimate of drug-likeness (QED) is 0.704. The van der Waals surface area contributed by atoms with Crippen LogP contribution in [0.15, 0.2) is 0 Å². The Morgan fingerprint density at radius 3 is 2.31 bits per heavy atom. The Balaban J connectivity index is 3.79. The van der Waals surface area contributed by atoms with Crippen LogP contribution in [0, 0.1) is 5.92 Å². The summed E-state index contributed by atoms with van der Waals surface area (Å²) in [5, 5.41) is 3.38. The van der Waals surface area contributed by atoms with E-state index in [2.05, 4.69) is 19.2 Å². The number of hydrogen-bond donors (Lipinski definition) is 1. The van der Waals surface area contributed by atoms with Gasteiger partial charge in [0.1, 0.15) is 0 Å². The van der Waals surface area contributed by atoms with E-state index < -0.39 is 5.51 Å². The van der Waals surface area contributed by atoms with Crippen molar-refractivity contribution in [2.45, 2.75) is 51.6 Å². The van der Waals surface area contributed by atoms with Gasteiger partial charge in [-0.25, -0.2) is 0 Å². The molecule has 0 radical (unpaired) electrons. The molecule has 2 atom stereocenters. The first-order valence-electron chi connectivity index (χ1n) is 5.84. The highest BCUT2D eigenvalue weighted by atomic mass is 32.2. The standard InChI is InChI=1S/C11H22F3NS/c1-4-7-15-10(5-2)9(3)6-8-16-11(12,13)14/h9-10,15H,4-8H2,1-3H3. The van der Waals surface area contributed by atoms with Crippen LogP contribution >= 0.6 is 11.8 Å². The van der Waals surface area contributed by atoms with Gasteiger partial charge in [0.05, 0.1) is 0 Å². The summed E-state index contributed by atoms with van der Waals surface area (Å²) in [5.41, 5.74) is -4.09. The van der Waals surface area contributed by atoms with Gasteiger partial charge in [-0.2, -0.15) is 13.2 Å². The fraction of sp³-hybridized carbons (Fsp3) is 1.00. The van der Waals surface area contributed by atoms with Crippen LogP contribution in [-0.4, -0.2) is 23.8 Å². The molecule has 0 saturated heterocycles. The number of thioether (sulfide) groups is 1. The Kier molecular flexibility index (Phi) is 8.28. The first-order valence-corrected chi connectivity index (χ1v) is 6.83. The molecule has 2 unspecified atom stereocenters. The number of halogens is 3. The second-order valence-corrected chi connectivity index (χ2v) is 5.19. The van der Waals surface area contributed by atoms with Gasteiger partial charge in [0, 0.05) is 11.8 Å². The van der Waals surface area contributed by atoms with Gasteiger partial charge in [-0.15, -0.1) is 0 Å². The molecule has 0 aromatic heterocycles. The Hall–Kier alpha value is 0.100. The Morgan fingerprint density at radius 1 is 1.25 bits per heavy atom. The van der Waals surface area contributed by atoms with E-state index in [-0.39, 0.29) is 17.5 Å². The zero-order valence-electron chi connectivity index (χ0n) is 10.2. The van der Waals surface area contributed by atoms with Crippen LogP contribution in [0.4, 0.5) is 13.2 Å². The lowest BCUT2D eigenvalue weighted by Gasteiger charge is -2.24. The van der Waals surface area contributed by atoms with Crippen LogP contribution in [0.1, 0.15) is 40.0 Å². The molecule has 0 fully saturated rings. The maximum absolute atomic E-state index is 11.9. The van der Waals surface area contributed by atoms with E-state index in [9.17, 15) is 13.2 Å². The fourth-order valence-corrected chi connectivity index (χ4v) is 2.36. The van der Waals surface area contributed by atoms with E-state index >= 15 is 0 Å². The third-order valence-corrected chi connectivity index (χ3v) is 3.39. The summed E-state index contributed by atoms with van der Waals surface area (Å²) in [6.45, 7) is 7.12. The molecule has 0 spiro atoms. The Morgan fingerprint density at radius 2 is 1.88 bits per heavy atom. The minimum Gasteiger partial charge on any atom is -0.314 e. The van der Waals surface area contributed by atoms with Crippen LogP contribution in [0.2, 0.25) is 0 Å². The fourth-order valence-electron chi connectivity index (χ4n) is 1.64. The van der Waals surface area contributed by atoms with Crippen LogP contribution in [0.25, 0.3) is 0 Å². The van der Waals surface area contributed by atoms with Gasteiger partial charge in [-0.3, -0.25) is 0 Å². The first kappa shape index (κ1) is 16.1. The number of nitrogens with one attached hydrogen (secondary N) is 1. The average molecular weight is 257 g/mol. The molecule has 0 aromatic rings. The maximum atomic E-state index is 11.9. The smallest absolute Gasteiger partial charge is 0.314 e. The second-order valence-electron chi connectivity index (χ2n) is 4.03. The van der Waals surface area contributed by atoms with Crippen molar-refractivity contribution < 1.29 is 13.2 Å². The highest BCUT2D eigenvalue weighted by molar-refractivity contribution is 8.00. The third kappa shape index (κ3) is 8.28. The zero-order chi connectivity index (χ0) is 12.6. The van der Waals surface area contributed by atoms with Crippen molar-refractivity contribution >= 4 is 11.8 Å². The maximum Gasteiger partial charge on any atom is 0.441 e. The zero-order valence-corrected chi connectivity index (χ0v) is 11.0. The van der Waals surface area contributed by atoms with Gasteiger partial charge >= 0.3 is 5.51 Å². The van der Waals surface area contributed by atoms with Crippen molar-refractivity contribution in [1.82, 2.24) is 5.32 Å². The molecular weight excluding hydrogens is 235 g/mol. The molecule has 0 aliphatic heterocycles. The molecule has 0 saturated carbocycles. The largest absolute Gasteiger partial charge is 0.441 e. The molecule has 0 aliphatic carbocycles. The lowest BCUT2D eigenvalue weighted by molar-refractivity contribution is -0.0328. The minimum absolute atomic E-state index is 0.0859. The van der Waals surface area contributed by atoms with Crippen LogP contribution in [-0.2, 0) is 0 Å². The normalized spacial score (nSPS) is 16.1. The van der Waals surface area contributed by atoms with Crippen molar-refractivity contribution in [2.24, 2.45) is 5.92 Å². The molecule has 0 aromatic carbocycles. The molecule has 1 N–H and O–H groups in total. The summed E-state index contributed by atoms with van der Waals surface area (Å²) in [4.78, 5) is 0. The van der Waals surface area contributed by atoms with Crippen molar-refractivity contribution in [1.29, 1.82) is 0 Å². The van der Waals surface area contributed by atoms with E-state index in [4.69, 9.17) is 0 Å². The third-order valence-electron chi connectivity index (χ3n) is 2.62. The van der Waals surface area contributed by atoms with Gasteiger partial charge in [-0.1, -0.05) is 32.5 Å². The predicted octanol–water partition coefficient (Wildman–Crippen LogP) is 4.04. The molecule has 0 aliphatic rings. The minimum atomic E-state index is -4.09. The topological polar surface area (TPSA) is 12.0 Å². The monoisotopic (exact) mass is 257 g/mol. The summed E-state index contributed by atoms with van der Waals surface area (Å²) >= 11 is 0.0859. The summed E-state index contributed by atoms with van der Waals surface area (Å²) < 4.78 is 35.8. The van der Waals surface area contributed by atoms with Gasteiger partial charge in [0.25, 0.3) is 0 Å². The summed E-state index contributed by atoms with van der Waals surface area (Å²) in [6, 6.07) is 0.341. The van der Waals surface area contributed by atoms with Crippen LogP contribution < -0.4 is 5.32 Å². The number of rotatable bonds is 8. The highest BCUT2D eigenvalue weighted by Gasteiger charge is 2.28. The Labute approximate surface area is 101 Å². The second kappa shape index (κ2) is 8.23. The SMILES string of the molecule is CCCNC(CC)C(C)CCSC(F)(F)F. The Bertz CT molecular complexity index is 173. The molecule has 0 heterocycles. The molecule has 0 amide bonds. The van der Waals surface area contributed by atoms with E-state index in [1.165, 1.54) is 0 Å². The predicted molar refractivity (Wildman–Crippen MR) is 64.7 cm³/mol. The van der Waals surface area contributed by atoms with Gasteiger partial charge in [-0.05, 0) is 31.7 Å². The number of hydrogen-bond acceptors (Lipinski definition) is 2. The first-order chi connectivity index (χ1) is 7.40. The van der Waals surface area contributed by atoms with Crippen molar-refractivity contribution in [3.05, 3.63) is 0 Å². The number of alkyl halides is 3. The molecule has 0 rings (SSSR count). The summed E-state index contributed by atoms with van der Waals surface area (Å²) in [7, 11) is 0. The van der Waals surface area contributed by atoms with E-state index in [1.807, 2.05) is 6.92 Å². The average Bonchev–Trinajstić information content (AvgIpc) is 2.17. The van der Waals surface area contributed by atoms with E-state index in [0.29, 0.717) is 18.4 Å². The van der Waals surface area contributed by atoms with Crippen LogP contribution in [0.3, 0.4) is 0 Å². The van der Waals surface area contributed by atoms with E-state index in [1.54, 1.807) is 0 Å². The molecule has 98 valence electrons. The van der Waals surface area contributed by atoms with Crippen molar-refractivity contribution in [2.75, 3.05) is 12.3 Å². The van der Waals surface area contributed by atoms with Crippen molar-refractivity contribution in [3.63, 3.8) is 0 Å².